The fourth-order valence-electron chi connectivity index (χ4n) is 1.89. The van der Waals surface area contributed by atoms with Crippen molar-refractivity contribution in [2.45, 2.75) is 24.5 Å². The van der Waals surface area contributed by atoms with Crippen LogP contribution in [-0.2, 0) is 4.74 Å². The Morgan fingerprint density at radius 2 is 2.25 bits per heavy atom. The van der Waals surface area contributed by atoms with Crippen LogP contribution in [0.3, 0.4) is 0 Å². The summed E-state index contributed by atoms with van der Waals surface area (Å²) in [4.78, 5) is 17.7. The van der Waals surface area contributed by atoms with Gasteiger partial charge < -0.3 is 25.8 Å². The summed E-state index contributed by atoms with van der Waals surface area (Å²) in [6.07, 6.45) is -4.06. The second kappa shape index (κ2) is 5.45. The number of hydrogen-bond donors (Lipinski definition) is 4. The van der Waals surface area contributed by atoms with E-state index in [-0.39, 0.29) is 11.5 Å². The van der Waals surface area contributed by atoms with Gasteiger partial charge in [-0.3, -0.25) is 4.57 Å². The van der Waals surface area contributed by atoms with Crippen molar-refractivity contribution in [1.29, 1.82) is 0 Å². The summed E-state index contributed by atoms with van der Waals surface area (Å²) < 4.78 is 6.01. The Bertz CT molecular complexity index is 611. The monoisotopic (exact) mass is 284 g/mol. The van der Waals surface area contributed by atoms with Gasteiger partial charge in [0.2, 0.25) is 0 Å². The highest BCUT2D eigenvalue weighted by molar-refractivity contribution is 5.54. The predicted molar refractivity (Wildman–Crippen MR) is 64.7 cm³/mol. The highest BCUT2D eigenvalue weighted by Crippen LogP contribution is 2.29. The Hall–Kier alpha value is -2.17. The molecule has 1 saturated heterocycles. The zero-order chi connectivity index (χ0) is 14.9. The van der Waals surface area contributed by atoms with Crippen molar-refractivity contribution in [3.8, 4) is 0 Å². The van der Waals surface area contributed by atoms with Crippen molar-refractivity contribution < 1.29 is 20.1 Å². The highest BCUT2D eigenvalue weighted by atomic mass is 16.6. The zero-order valence-electron chi connectivity index (χ0n) is 10.1. The van der Waals surface area contributed by atoms with E-state index in [0.717, 1.165) is 10.8 Å². The molecule has 0 spiro atoms. The Morgan fingerprint density at radius 3 is 2.80 bits per heavy atom. The molecule has 11 heteroatoms. The first-order valence-electron chi connectivity index (χ1n) is 5.55. The van der Waals surface area contributed by atoms with Gasteiger partial charge in [0.15, 0.2) is 6.23 Å². The maximum absolute atomic E-state index is 11.7. The van der Waals surface area contributed by atoms with Crippen molar-refractivity contribution in [2.24, 2.45) is 5.11 Å². The minimum absolute atomic E-state index is 0.121. The topological polar surface area (TPSA) is 180 Å². The van der Waals surface area contributed by atoms with Crippen LogP contribution in [0.1, 0.15) is 6.23 Å². The number of hydrogen-bond acceptors (Lipinski definition) is 8. The Kier molecular flexibility index (Phi) is 3.88. The summed E-state index contributed by atoms with van der Waals surface area (Å²) in [5, 5.41) is 31.7. The van der Waals surface area contributed by atoms with Gasteiger partial charge in [0, 0.05) is 11.1 Å². The minimum Gasteiger partial charge on any atom is -0.394 e. The molecular formula is C9H12N6O5. The number of anilines is 1. The number of nitrogens with zero attached hydrogens (tertiary/aromatic N) is 5. The van der Waals surface area contributed by atoms with Crippen LogP contribution in [0.5, 0.6) is 0 Å². The SMILES string of the molecule is [N-]=[N+]=Nc1cn([C@@H]2O[C@H](CO)[C@@H](O)[C@H]2O)c(=O)nc1N. The highest BCUT2D eigenvalue weighted by Gasteiger charge is 2.43. The van der Waals surface area contributed by atoms with Gasteiger partial charge in [-0.1, -0.05) is 5.11 Å². The molecule has 0 saturated carbocycles. The Balaban J connectivity index is 2.45. The third kappa shape index (κ3) is 2.31. The quantitative estimate of drug-likeness (QED) is 0.292. The van der Waals surface area contributed by atoms with E-state index in [1.165, 1.54) is 0 Å². The fourth-order valence-corrected chi connectivity index (χ4v) is 1.89. The summed E-state index contributed by atoms with van der Waals surface area (Å²) in [5.41, 5.74) is 12.8. The molecule has 2 heterocycles. The molecule has 0 unspecified atom stereocenters. The smallest absolute Gasteiger partial charge is 0.351 e. The summed E-state index contributed by atoms with van der Waals surface area (Å²) in [5.74, 6) is -0.268. The molecule has 2 rings (SSSR count). The lowest BCUT2D eigenvalue weighted by Crippen LogP contribution is -2.36. The lowest BCUT2D eigenvalue weighted by Gasteiger charge is -2.17. The second-order valence-corrected chi connectivity index (χ2v) is 4.12. The molecule has 0 bridgehead atoms. The Labute approximate surface area is 111 Å². The van der Waals surface area contributed by atoms with E-state index in [4.69, 9.17) is 21.1 Å². The van der Waals surface area contributed by atoms with Gasteiger partial charge in [0.25, 0.3) is 0 Å². The van der Waals surface area contributed by atoms with Gasteiger partial charge in [-0.2, -0.15) is 4.98 Å². The molecule has 1 aromatic heterocycles. The van der Waals surface area contributed by atoms with E-state index >= 15 is 0 Å². The second-order valence-electron chi connectivity index (χ2n) is 4.12. The first-order valence-corrected chi connectivity index (χ1v) is 5.55. The molecule has 108 valence electrons. The number of aromatic nitrogens is 2. The van der Waals surface area contributed by atoms with Gasteiger partial charge in [-0.05, 0) is 5.53 Å². The average Bonchev–Trinajstić information content (AvgIpc) is 2.70. The molecule has 0 aromatic carbocycles. The molecule has 1 aliphatic rings. The molecule has 0 aliphatic carbocycles. The molecule has 0 radical (unpaired) electrons. The van der Waals surface area contributed by atoms with Crippen LogP contribution in [0.4, 0.5) is 11.5 Å². The fraction of sp³-hybridized carbons (Fsp3) is 0.556. The minimum atomic E-state index is -1.45. The van der Waals surface area contributed by atoms with Gasteiger partial charge >= 0.3 is 5.69 Å². The van der Waals surface area contributed by atoms with E-state index < -0.39 is 36.8 Å². The van der Waals surface area contributed by atoms with Crippen molar-refractivity contribution in [3.05, 3.63) is 27.1 Å². The third-order valence-corrected chi connectivity index (χ3v) is 2.90. The van der Waals surface area contributed by atoms with E-state index in [1.807, 2.05) is 0 Å². The summed E-state index contributed by atoms with van der Waals surface area (Å²) in [6, 6.07) is 0. The summed E-state index contributed by atoms with van der Waals surface area (Å²) in [6.45, 7) is -0.533. The van der Waals surface area contributed by atoms with Crippen LogP contribution in [0.15, 0.2) is 16.1 Å². The van der Waals surface area contributed by atoms with Crippen molar-refractivity contribution in [2.75, 3.05) is 12.3 Å². The number of nitrogen functional groups attached to an aromatic ring is 1. The molecule has 1 aromatic rings. The van der Waals surface area contributed by atoms with Gasteiger partial charge in [0.1, 0.15) is 24.1 Å². The molecule has 0 amide bonds. The number of aliphatic hydroxyl groups is 3. The van der Waals surface area contributed by atoms with E-state index in [2.05, 4.69) is 15.0 Å². The van der Waals surface area contributed by atoms with E-state index in [0.29, 0.717) is 0 Å². The van der Waals surface area contributed by atoms with Crippen LogP contribution in [0.25, 0.3) is 10.4 Å². The molecule has 5 N–H and O–H groups in total. The van der Waals surface area contributed by atoms with Gasteiger partial charge in [-0.25, -0.2) is 4.79 Å². The van der Waals surface area contributed by atoms with Crippen LogP contribution in [0.2, 0.25) is 0 Å². The van der Waals surface area contributed by atoms with E-state index in [1.54, 1.807) is 0 Å². The predicted octanol–water partition coefficient (Wildman–Crippen LogP) is -1.62. The maximum Gasteiger partial charge on any atom is 0.351 e. The lowest BCUT2D eigenvalue weighted by molar-refractivity contribution is -0.0548. The number of azide groups is 1. The molecule has 4 atom stereocenters. The molecule has 11 nitrogen and oxygen atoms in total. The van der Waals surface area contributed by atoms with Crippen molar-refractivity contribution in [1.82, 2.24) is 9.55 Å². The molecular weight excluding hydrogens is 272 g/mol. The van der Waals surface area contributed by atoms with Crippen LogP contribution in [0, 0.1) is 0 Å². The Morgan fingerprint density at radius 1 is 1.55 bits per heavy atom. The number of ether oxygens (including phenoxy) is 1. The van der Waals surface area contributed by atoms with Gasteiger partial charge in [-0.15, -0.1) is 0 Å². The largest absolute Gasteiger partial charge is 0.394 e. The van der Waals surface area contributed by atoms with Crippen LogP contribution >= 0.6 is 0 Å². The first kappa shape index (κ1) is 14.2. The lowest BCUT2D eigenvalue weighted by atomic mass is 10.1. The summed E-state index contributed by atoms with van der Waals surface area (Å²) >= 11 is 0. The number of rotatable bonds is 3. The number of nitrogens with two attached hydrogens (primary N) is 1. The van der Waals surface area contributed by atoms with E-state index in [9.17, 15) is 15.0 Å². The van der Waals surface area contributed by atoms with Crippen molar-refractivity contribution in [3.63, 3.8) is 0 Å². The average molecular weight is 284 g/mol. The van der Waals surface area contributed by atoms with Crippen molar-refractivity contribution >= 4 is 11.5 Å². The zero-order valence-corrected chi connectivity index (χ0v) is 10.1. The van der Waals surface area contributed by atoms with Crippen LogP contribution < -0.4 is 11.4 Å². The normalized spacial score (nSPS) is 29.1. The molecule has 1 aliphatic heterocycles. The van der Waals surface area contributed by atoms with Gasteiger partial charge in [0.05, 0.1) is 12.3 Å². The first-order chi connectivity index (χ1) is 9.49. The maximum atomic E-state index is 11.7. The number of aliphatic hydroxyl groups excluding tert-OH is 3. The molecule has 1 fully saturated rings. The standard InChI is InChI=1S/C9H12N6O5/c10-7-3(13-14-11)1-15(9(19)12-7)8-6(18)5(17)4(2-16)20-8/h1,4-6,8,16-18H,2H2,(H2,10,12,19)/t4-,5-,6-,8-/m1/s1. The molecule has 20 heavy (non-hydrogen) atoms. The summed E-state index contributed by atoms with van der Waals surface area (Å²) in [7, 11) is 0. The third-order valence-electron chi connectivity index (χ3n) is 2.90. The van der Waals surface area contributed by atoms with Crippen LogP contribution in [-0.4, -0.2) is 49.8 Å².